The van der Waals surface area contributed by atoms with Gasteiger partial charge in [0, 0.05) is 0 Å². The minimum atomic E-state index is -3.20. The maximum absolute atomic E-state index is 11.7. The van der Waals surface area contributed by atoms with Crippen molar-refractivity contribution in [3.05, 3.63) is 16.7 Å². The van der Waals surface area contributed by atoms with Gasteiger partial charge in [0.1, 0.15) is 18.3 Å². The van der Waals surface area contributed by atoms with Gasteiger partial charge in [0.05, 0.1) is 12.9 Å². The number of fused-ring (bicyclic) bond motifs is 1. The minimum absolute atomic E-state index is 0.0388. The van der Waals surface area contributed by atoms with Gasteiger partial charge < -0.3 is 35.6 Å². The second-order valence-corrected chi connectivity index (χ2v) is 7.02. The van der Waals surface area contributed by atoms with E-state index < -0.39 is 53.2 Å². The minimum Gasteiger partial charge on any atom is -0.394 e. The topological polar surface area (TPSA) is 243 Å². The van der Waals surface area contributed by atoms with E-state index in [4.69, 9.17) is 25.4 Å². The number of nitrogens with one attached hydrogen (secondary N) is 1. The number of H-pyrrole nitrogens is 1. The van der Waals surface area contributed by atoms with E-state index in [0.717, 1.165) is 0 Å². The number of imidazole rings is 1. The van der Waals surface area contributed by atoms with Gasteiger partial charge in [-0.3, -0.25) is 23.5 Å². The van der Waals surface area contributed by atoms with Gasteiger partial charge in [-0.15, -0.1) is 0 Å². The Morgan fingerprint density at radius 2 is 1.93 bits per heavy atom. The number of aliphatic hydroxyl groups is 3. The number of hydrogen-bond donors (Lipinski definition) is 7. The van der Waals surface area contributed by atoms with Crippen LogP contribution in [0.3, 0.4) is 0 Å². The van der Waals surface area contributed by atoms with Crippen molar-refractivity contribution >= 4 is 33.6 Å². The highest BCUT2D eigenvalue weighted by Crippen LogP contribution is 2.31. The summed E-state index contributed by atoms with van der Waals surface area (Å²) in [5.41, 5.74) is 5.12. The molecule has 0 radical (unpaired) electrons. The summed E-state index contributed by atoms with van der Waals surface area (Å²) in [5.74, 6) is -0.101. The zero-order chi connectivity index (χ0) is 20.3. The molecule has 3 heterocycles. The van der Waals surface area contributed by atoms with Crippen molar-refractivity contribution in [1.82, 2.24) is 19.5 Å². The predicted molar refractivity (Wildman–Crippen MR) is 89.1 cm³/mol. The van der Waals surface area contributed by atoms with Crippen LogP contribution in [-0.4, -0.2) is 69.5 Å². The van der Waals surface area contributed by atoms with E-state index in [0.29, 0.717) is 0 Å². The molecule has 27 heavy (non-hydrogen) atoms. The smallest absolute Gasteiger partial charge is 0.323 e. The second-order valence-electron chi connectivity index (χ2n) is 5.14. The molecule has 1 aliphatic heterocycles. The Morgan fingerprint density at radius 1 is 1.30 bits per heavy atom. The van der Waals surface area contributed by atoms with Crippen molar-refractivity contribution < 1.29 is 43.3 Å². The summed E-state index contributed by atoms with van der Waals surface area (Å²) < 4.78 is 29.0. The van der Waals surface area contributed by atoms with Crippen LogP contribution in [0.4, 0.5) is 5.95 Å². The Balaban J connectivity index is 0.000000321. The molecule has 0 amide bonds. The average Bonchev–Trinajstić information content (AvgIpc) is 3.09. The fourth-order valence-corrected chi connectivity index (χ4v) is 2.91. The van der Waals surface area contributed by atoms with Gasteiger partial charge in [0.2, 0.25) is 5.95 Å². The number of nitrogens with two attached hydrogens (primary N) is 1. The SMILES string of the molecule is Nc1nc2c(ncn2[C@@H]2O[C@H](CO)[C@@H](O)[C@H]2O)c(=O)[nH]1.O=[PH](O)O[PH](=O)O. The standard InChI is InChI=1S/C10H13N5O5.H4O5P2/c11-10-13-7-4(8(19)14-10)12-2-15(7)9-6(18)5(17)3(1-16)20-9;1-6(2)5-7(3)4/h2-3,5-6,9,16-18H,1H2,(H3,11,13,14,19);6-7H,(H,1,2)(H,3,4)/t3-,5-,6-,9-;/m1./s1. The normalized spacial score (nSPS) is 27.1. The van der Waals surface area contributed by atoms with Crippen LogP contribution >= 0.6 is 16.5 Å². The van der Waals surface area contributed by atoms with E-state index in [1.807, 2.05) is 0 Å². The lowest BCUT2D eigenvalue weighted by molar-refractivity contribution is -0.0511. The molecule has 0 saturated carbocycles. The van der Waals surface area contributed by atoms with E-state index in [9.17, 15) is 24.1 Å². The molecule has 1 aliphatic rings. The first-order valence-electron chi connectivity index (χ1n) is 7.14. The number of aliphatic hydroxyl groups excluding tert-OH is 3. The first-order chi connectivity index (χ1) is 12.6. The molecular formula is C10H17N5O10P2. The van der Waals surface area contributed by atoms with E-state index in [2.05, 4.69) is 19.3 Å². The molecule has 17 heteroatoms. The third-order valence-electron chi connectivity index (χ3n) is 3.42. The number of anilines is 1. The van der Waals surface area contributed by atoms with Crippen LogP contribution < -0.4 is 11.3 Å². The number of hydrogen-bond acceptors (Lipinski definition) is 11. The van der Waals surface area contributed by atoms with E-state index >= 15 is 0 Å². The van der Waals surface area contributed by atoms with Gasteiger partial charge in [-0.2, -0.15) is 4.98 Å². The van der Waals surface area contributed by atoms with Crippen LogP contribution in [0.25, 0.3) is 11.2 Å². The fraction of sp³-hybridized carbons (Fsp3) is 0.500. The summed E-state index contributed by atoms with van der Waals surface area (Å²) >= 11 is 0. The molecule has 15 nitrogen and oxygen atoms in total. The van der Waals surface area contributed by atoms with Gasteiger partial charge in [-0.1, -0.05) is 0 Å². The number of rotatable bonds is 4. The molecule has 0 spiro atoms. The molecule has 1 fully saturated rings. The van der Waals surface area contributed by atoms with Crippen molar-refractivity contribution in [1.29, 1.82) is 0 Å². The average molecular weight is 429 g/mol. The highest BCUT2D eigenvalue weighted by molar-refractivity contribution is 7.46. The van der Waals surface area contributed by atoms with Gasteiger partial charge >= 0.3 is 16.5 Å². The molecule has 2 aromatic heterocycles. The van der Waals surface area contributed by atoms with Crippen LogP contribution in [0.1, 0.15) is 6.23 Å². The maximum atomic E-state index is 11.7. The lowest BCUT2D eigenvalue weighted by Crippen LogP contribution is -2.33. The molecule has 0 aliphatic carbocycles. The maximum Gasteiger partial charge on any atom is 0.323 e. The Bertz CT molecular complexity index is 890. The molecule has 0 aromatic carbocycles. The number of aromatic amines is 1. The van der Waals surface area contributed by atoms with Gasteiger partial charge in [0.15, 0.2) is 17.4 Å². The third kappa shape index (κ3) is 4.99. The molecule has 0 bridgehead atoms. The Kier molecular flexibility index (Phi) is 7.22. The molecule has 3 rings (SSSR count). The molecule has 1 saturated heterocycles. The zero-order valence-corrected chi connectivity index (χ0v) is 15.3. The Hall–Kier alpha value is -1.67. The summed E-state index contributed by atoms with van der Waals surface area (Å²) in [7, 11) is -6.40. The quantitative estimate of drug-likeness (QED) is 0.241. The highest BCUT2D eigenvalue weighted by atomic mass is 31.2. The molecule has 8 N–H and O–H groups in total. The molecule has 152 valence electrons. The van der Waals surface area contributed by atoms with Crippen molar-refractivity contribution in [2.45, 2.75) is 24.5 Å². The lowest BCUT2D eigenvalue weighted by atomic mass is 10.1. The van der Waals surface area contributed by atoms with E-state index in [1.54, 1.807) is 0 Å². The highest BCUT2D eigenvalue weighted by Gasteiger charge is 2.44. The van der Waals surface area contributed by atoms with Gasteiger partial charge in [0.25, 0.3) is 5.56 Å². The summed E-state index contributed by atoms with van der Waals surface area (Å²) in [6, 6.07) is 0. The lowest BCUT2D eigenvalue weighted by Gasteiger charge is -2.16. The van der Waals surface area contributed by atoms with Crippen molar-refractivity contribution in [3.8, 4) is 0 Å². The number of nitrogens with zero attached hydrogens (tertiary/aromatic N) is 3. The number of nitrogen functional groups attached to an aromatic ring is 1. The van der Waals surface area contributed by atoms with Crippen molar-refractivity contribution in [3.63, 3.8) is 0 Å². The monoisotopic (exact) mass is 429 g/mol. The number of ether oxygens (including phenoxy) is 1. The third-order valence-corrected chi connectivity index (χ3v) is 4.81. The zero-order valence-electron chi connectivity index (χ0n) is 13.3. The van der Waals surface area contributed by atoms with Crippen LogP contribution in [-0.2, 0) is 18.2 Å². The summed E-state index contributed by atoms with van der Waals surface area (Å²) in [4.78, 5) is 37.2. The molecule has 2 aromatic rings. The predicted octanol–water partition coefficient (Wildman–Crippen LogP) is -2.92. The second kappa shape index (κ2) is 9.01. The number of aromatic nitrogens is 4. The van der Waals surface area contributed by atoms with Gasteiger partial charge in [-0.25, -0.2) is 9.29 Å². The van der Waals surface area contributed by atoms with Crippen LogP contribution in [0, 0.1) is 0 Å². The summed E-state index contributed by atoms with van der Waals surface area (Å²) in [6.07, 6.45) is -3.21. The van der Waals surface area contributed by atoms with Crippen LogP contribution in [0.5, 0.6) is 0 Å². The van der Waals surface area contributed by atoms with E-state index in [-0.39, 0.29) is 17.1 Å². The molecule has 2 unspecified atom stereocenters. The van der Waals surface area contributed by atoms with Crippen LogP contribution in [0.15, 0.2) is 11.1 Å². The summed E-state index contributed by atoms with van der Waals surface area (Å²) in [5, 5.41) is 28.7. The Labute approximate surface area is 150 Å². The van der Waals surface area contributed by atoms with Crippen molar-refractivity contribution in [2.24, 2.45) is 0 Å². The molecular weight excluding hydrogens is 412 g/mol. The van der Waals surface area contributed by atoms with Crippen molar-refractivity contribution in [2.75, 3.05) is 12.3 Å². The first-order valence-corrected chi connectivity index (χ1v) is 9.67. The van der Waals surface area contributed by atoms with E-state index in [1.165, 1.54) is 10.9 Å². The fourth-order valence-electron chi connectivity index (χ4n) is 2.31. The largest absolute Gasteiger partial charge is 0.394 e. The summed E-state index contributed by atoms with van der Waals surface area (Å²) in [6.45, 7) is -0.447. The Morgan fingerprint density at radius 3 is 2.41 bits per heavy atom. The van der Waals surface area contributed by atoms with Gasteiger partial charge in [-0.05, 0) is 0 Å². The van der Waals surface area contributed by atoms with Crippen LogP contribution in [0.2, 0.25) is 0 Å². The first kappa shape index (κ1) is 21.6. The molecule has 6 atom stereocenters.